The van der Waals surface area contributed by atoms with Gasteiger partial charge in [0.05, 0.1) is 23.8 Å². The highest BCUT2D eigenvalue weighted by atomic mass is 16.6. The number of carbonyl (C=O) groups excluding carboxylic acids is 1. The van der Waals surface area contributed by atoms with Crippen molar-refractivity contribution < 1.29 is 14.5 Å². The van der Waals surface area contributed by atoms with E-state index in [4.69, 9.17) is 4.74 Å². The fourth-order valence-electron chi connectivity index (χ4n) is 1.92. The van der Waals surface area contributed by atoms with E-state index in [1.165, 1.54) is 31.4 Å². The van der Waals surface area contributed by atoms with Crippen LogP contribution in [0.15, 0.2) is 48.5 Å². The third-order valence-electron chi connectivity index (χ3n) is 3.16. The molecule has 0 heterocycles. The van der Waals surface area contributed by atoms with Gasteiger partial charge in [-0.15, -0.1) is 0 Å². The minimum atomic E-state index is -0.522. The quantitative estimate of drug-likeness (QED) is 0.520. The van der Waals surface area contributed by atoms with Crippen LogP contribution in [-0.4, -0.2) is 17.9 Å². The second kappa shape index (κ2) is 7.22. The van der Waals surface area contributed by atoms with Gasteiger partial charge in [-0.3, -0.25) is 14.9 Å². The monoisotopic (exact) mass is 312 g/mol. The van der Waals surface area contributed by atoms with Crippen molar-refractivity contribution in [2.45, 2.75) is 6.92 Å². The highest BCUT2D eigenvalue weighted by molar-refractivity contribution is 6.02. The Balaban J connectivity index is 2.10. The molecular formula is C17H16N2O4. The summed E-state index contributed by atoms with van der Waals surface area (Å²) in [6.07, 6.45) is 3.08. The Kier molecular flexibility index (Phi) is 5.09. The number of anilines is 1. The van der Waals surface area contributed by atoms with Gasteiger partial charge in [-0.05, 0) is 24.6 Å². The standard InChI is InChI=1S/C17H16N2O4/c1-12-3-5-13(6-4-12)7-10-17(20)18-15-9-8-14(19(21)22)11-16(15)23-2/h3-11H,1-2H3,(H,18,20)/b10-7+. The Labute approximate surface area is 133 Å². The Bertz CT molecular complexity index is 752. The number of nitrogens with zero attached hydrogens (tertiary/aromatic N) is 1. The van der Waals surface area contributed by atoms with Crippen molar-refractivity contribution in [2.24, 2.45) is 0 Å². The molecule has 118 valence electrons. The number of nitrogens with one attached hydrogen (secondary N) is 1. The average Bonchev–Trinajstić information content (AvgIpc) is 2.54. The molecule has 1 N–H and O–H groups in total. The molecule has 0 fully saturated rings. The van der Waals surface area contributed by atoms with Crippen LogP contribution in [0.3, 0.4) is 0 Å². The molecule has 0 atom stereocenters. The molecule has 0 spiro atoms. The molecule has 0 bridgehead atoms. The lowest BCUT2D eigenvalue weighted by atomic mass is 10.1. The summed E-state index contributed by atoms with van der Waals surface area (Å²) in [7, 11) is 1.39. The van der Waals surface area contributed by atoms with E-state index in [9.17, 15) is 14.9 Å². The van der Waals surface area contributed by atoms with E-state index >= 15 is 0 Å². The van der Waals surface area contributed by atoms with Gasteiger partial charge in [-0.25, -0.2) is 0 Å². The number of methoxy groups -OCH3 is 1. The molecule has 2 aromatic rings. The molecule has 0 aliphatic carbocycles. The second-order valence-corrected chi connectivity index (χ2v) is 4.87. The summed E-state index contributed by atoms with van der Waals surface area (Å²) in [5, 5.41) is 13.4. The minimum Gasteiger partial charge on any atom is -0.494 e. The Morgan fingerprint density at radius 1 is 1.22 bits per heavy atom. The number of benzene rings is 2. The second-order valence-electron chi connectivity index (χ2n) is 4.87. The van der Waals surface area contributed by atoms with Crippen molar-refractivity contribution >= 4 is 23.4 Å². The zero-order chi connectivity index (χ0) is 16.8. The fourth-order valence-corrected chi connectivity index (χ4v) is 1.92. The predicted octanol–water partition coefficient (Wildman–Crippen LogP) is 3.56. The van der Waals surface area contributed by atoms with E-state index in [1.54, 1.807) is 6.08 Å². The van der Waals surface area contributed by atoms with Crippen LogP contribution in [0.2, 0.25) is 0 Å². The number of hydrogen-bond acceptors (Lipinski definition) is 4. The number of nitro groups is 1. The first kappa shape index (κ1) is 16.2. The number of nitro benzene ring substituents is 1. The molecule has 0 aromatic heterocycles. The lowest BCUT2D eigenvalue weighted by Gasteiger charge is -2.08. The molecule has 6 heteroatoms. The van der Waals surface area contributed by atoms with E-state index < -0.39 is 4.92 Å². The van der Waals surface area contributed by atoms with Gasteiger partial charge >= 0.3 is 0 Å². The molecule has 0 saturated carbocycles. The zero-order valence-electron chi connectivity index (χ0n) is 12.8. The zero-order valence-corrected chi connectivity index (χ0v) is 12.8. The van der Waals surface area contributed by atoms with Crippen molar-refractivity contribution in [3.05, 3.63) is 69.8 Å². The third kappa shape index (κ3) is 4.41. The fraction of sp³-hybridized carbons (Fsp3) is 0.118. The summed E-state index contributed by atoms with van der Waals surface area (Å²) in [6, 6.07) is 11.7. The number of amides is 1. The Morgan fingerprint density at radius 2 is 1.91 bits per heavy atom. The van der Waals surface area contributed by atoms with Crippen LogP contribution in [-0.2, 0) is 4.79 Å². The lowest BCUT2D eigenvalue weighted by Crippen LogP contribution is -2.09. The summed E-state index contributed by atoms with van der Waals surface area (Å²) < 4.78 is 5.07. The van der Waals surface area contributed by atoms with Crippen LogP contribution in [0.25, 0.3) is 6.08 Å². The number of non-ortho nitro benzene ring substituents is 1. The normalized spacial score (nSPS) is 10.5. The Hall–Kier alpha value is -3.15. The van der Waals surface area contributed by atoms with Crippen LogP contribution in [0.5, 0.6) is 5.75 Å². The number of hydrogen-bond donors (Lipinski definition) is 1. The largest absolute Gasteiger partial charge is 0.494 e. The molecule has 23 heavy (non-hydrogen) atoms. The number of rotatable bonds is 5. The predicted molar refractivity (Wildman–Crippen MR) is 88.5 cm³/mol. The van der Waals surface area contributed by atoms with Gasteiger partial charge in [-0.2, -0.15) is 0 Å². The SMILES string of the molecule is COc1cc([N+](=O)[O-])ccc1NC(=O)/C=C/c1ccc(C)cc1. The number of ether oxygens (including phenoxy) is 1. The van der Waals surface area contributed by atoms with Crippen molar-refractivity contribution in [2.75, 3.05) is 12.4 Å². The van der Waals surface area contributed by atoms with Crippen LogP contribution in [0.4, 0.5) is 11.4 Å². The van der Waals surface area contributed by atoms with Crippen molar-refractivity contribution in [3.8, 4) is 5.75 Å². The van der Waals surface area contributed by atoms with Crippen molar-refractivity contribution in [1.82, 2.24) is 0 Å². The van der Waals surface area contributed by atoms with Crippen LogP contribution < -0.4 is 10.1 Å². The van der Waals surface area contributed by atoms with Gasteiger partial charge in [0, 0.05) is 12.1 Å². The third-order valence-corrected chi connectivity index (χ3v) is 3.16. The maximum Gasteiger partial charge on any atom is 0.273 e. The van der Waals surface area contributed by atoms with Gasteiger partial charge in [0.2, 0.25) is 5.91 Å². The summed E-state index contributed by atoms with van der Waals surface area (Å²) in [6.45, 7) is 1.99. The van der Waals surface area contributed by atoms with E-state index in [2.05, 4.69) is 5.32 Å². The minimum absolute atomic E-state index is 0.102. The summed E-state index contributed by atoms with van der Waals surface area (Å²) >= 11 is 0. The highest BCUT2D eigenvalue weighted by Gasteiger charge is 2.12. The summed E-state index contributed by atoms with van der Waals surface area (Å²) in [5.74, 6) is -0.117. The molecular weight excluding hydrogens is 296 g/mol. The molecule has 2 aromatic carbocycles. The van der Waals surface area contributed by atoms with Gasteiger partial charge in [-0.1, -0.05) is 29.8 Å². The van der Waals surface area contributed by atoms with Crippen LogP contribution in [0, 0.1) is 17.0 Å². The van der Waals surface area contributed by atoms with Gasteiger partial charge < -0.3 is 10.1 Å². The maximum atomic E-state index is 12.0. The van der Waals surface area contributed by atoms with Crippen LogP contribution in [0.1, 0.15) is 11.1 Å². The molecule has 6 nitrogen and oxygen atoms in total. The van der Waals surface area contributed by atoms with E-state index in [0.29, 0.717) is 5.69 Å². The Morgan fingerprint density at radius 3 is 2.52 bits per heavy atom. The summed E-state index contributed by atoms with van der Waals surface area (Å²) in [5.41, 5.74) is 2.32. The van der Waals surface area contributed by atoms with Gasteiger partial charge in [0.15, 0.2) is 0 Å². The van der Waals surface area contributed by atoms with E-state index in [-0.39, 0.29) is 17.3 Å². The lowest BCUT2D eigenvalue weighted by molar-refractivity contribution is -0.384. The topological polar surface area (TPSA) is 81.5 Å². The molecule has 1 amide bonds. The van der Waals surface area contributed by atoms with Crippen LogP contribution >= 0.6 is 0 Å². The summed E-state index contributed by atoms with van der Waals surface area (Å²) in [4.78, 5) is 22.2. The number of carbonyl (C=O) groups is 1. The average molecular weight is 312 g/mol. The van der Waals surface area contributed by atoms with Gasteiger partial charge in [0.1, 0.15) is 5.75 Å². The molecule has 0 aliphatic heterocycles. The smallest absolute Gasteiger partial charge is 0.273 e. The molecule has 2 rings (SSSR count). The first-order valence-corrected chi connectivity index (χ1v) is 6.88. The molecule has 0 saturated heterocycles. The maximum absolute atomic E-state index is 12.0. The van der Waals surface area contributed by atoms with E-state index in [0.717, 1.165) is 11.1 Å². The van der Waals surface area contributed by atoms with Gasteiger partial charge in [0.25, 0.3) is 5.69 Å². The van der Waals surface area contributed by atoms with Crippen molar-refractivity contribution in [1.29, 1.82) is 0 Å². The number of aryl methyl sites for hydroxylation is 1. The first-order chi connectivity index (χ1) is 11.0. The molecule has 0 unspecified atom stereocenters. The van der Waals surface area contributed by atoms with Crippen molar-refractivity contribution in [3.63, 3.8) is 0 Å². The molecule has 0 radical (unpaired) electrons. The first-order valence-electron chi connectivity index (χ1n) is 6.88. The van der Waals surface area contributed by atoms with E-state index in [1.807, 2.05) is 31.2 Å². The highest BCUT2D eigenvalue weighted by Crippen LogP contribution is 2.28. The molecule has 0 aliphatic rings.